The van der Waals surface area contributed by atoms with Gasteiger partial charge in [-0.1, -0.05) is 57.0 Å². The number of benzene rings is 1. The molecule has 0 N–H and O–H groups in total. The molecule has 4 rings (SSSR count). The second-order valence-electron chi connectivity index (χ2n) is 6.86. The molecule has 4 aromatic rings. The number of fused-ring (bicyclic) bond motifs is 3. The Morgan fingerprint density at radius 2 is 1.85 bits per heavy atom. The Bertz CT molecular complexity index is 1140. The summed E-state index contributed by atoms with van der Waals surface area (Å²) >= 11 is 0. The Hall–Kier alpha value is -2.95. The molecule has 0 fully saturated rings. The van der Waals surface area contributed by atoms with Crippen LogP contribution in [0.5, 0.6) is 0 Å². The van der Waals surface area contributed by atoms with E-state index in [-0.39, 0.29) is 5.56 Å². The predicted molar refractivity (Wildman–Crippen MR) is 109 cm³/mol. The lowest BCUT2D eigenvalue weighted by atomic mass is 10.0. The highest BCUT2D eigenvalue weighted by Crippen LogP contribution is 2.29. The largest absolute Gasteiger partial charge is 0.315 e. The Morgan fingerprint density at radius 1 is 1.04 bits per heavy atom. The Kier molecular flexibility index (Phi) is 4.75. The number of aromatic nitrogens is 4. The van der Waals surface area contributed by atoms with Gasteiger partial charge in [0, 0.05) is 24.5 Å². The third-order valence-corrected chi connectivity index (χ3v) is 5.06. The van der Waals surface area contributed by atoms with Gasteiger partial charge in [-0.15, -0.1) is 0 Å². The number of unbranched alkanes of at least 4 members (excludes halogenated alkanes) is 2. The van der Waals surface area contributed by atoms with Crippen molar-refractivity contribution in [1.29, 1.82) is 0 Å². The van der Waals surface area contributed by atoms with Gasteiger partial charge in [-0.3, -0.25) is 4.79 Å². The smallest absolute Gasteiger partial charge is 0.261 e. The van der Waals surface area contributed by atoms with Crippen LogP contribution in [0, 0.1) is 0 Å². The molecule has 0 saturated heterocycles. The second-order valence-corrected chi connectivity index (χ2v) is 6.86. The molecule has 27 heavy (non-hydrogen) atoms. The van der Waals surface area contributed by atoms with Crippen molar-refractivity contribution in [2.45, 2.75) is 46.1 Å². The molecule has 0 saturated carbocycles. The van der Waals surface area contributed by atoms with E-state index in [1.807, 2.05) is 35.0 Å². The molecule has 0 unspecified atom stereocenters. The Labute approximate surface area is 158 Å². The van der Waals surface area contributed by atoms with Crippen LogP contribution in [0.3, 0.4) is 0 Å². The zero-order valence-electron chi connectivity index (χ0n) is 15.9. The zero-order valence-corrected chi connectivity index (χ0v) is 15.9. The molecule has 138 valence electrons. The number of nitrogens with zero attached hydrogens (tertiary/aromatic N) is 4. The van der Waals surface area contributed by atoms with E-state index in [1.54, 1.807) is 10.8 Å². The Morgan fingerprint density at radius 3 is 2.59 bits per heavy atom. The predicted octanol–water partition coefficient (Wildman–Crippen LogP) is 4.46. The number of hydrogen-bond acceptors (Lipinski definition) is 3. The number of hydrogen-bond donors (Lipinski definition) is 0. The van der Waals surface area contributed by atoms with Crippen molar-refractivity contribution in [2.75, 3.05) is 0 Å². The maximum Gasteiger partial charge on any atom is 0.261 e. The molecule has 0 spiro atoms. The molecule has 5 nitrogen and oxygen atoms in total. The van der Waals surface area contributed by atoms with Crippen molar-refractivity contribution in [3.05, 3.63) is 64.8 Å². The monoisotopic (exact) mass is 360 g/mol. The first-order valence-electron chi connectivity index (χ1n) is 9.69. The summed E-state index contributed by atoms with van der Waals surface area (Å²) in [7, 11) is 0. The van der Waals surface area contributed by atoms with Crippen LogP contribution in [0.15, 0.2) is 53.6 Å². The maximum absolute atomic E-state index is 12.9. The summed E-state index contributed by atoms with van der Waals surface area (Å²) in [6, 6.07) is 12.2. The van der Waals surface area contributed by atoms with Crippen LogP contribution in [0.4, 0.5) is 0 Å². The molecule has 0 amide bonds. The molecular formula is C22H24N4O. The fourth-order valence-electron chi connectivity index (χ4n) is 3.61. The standard InChI is InChI=1S/C22H24N4O/c1-3-5-9-13-25-14-12-19-17(22(25)27)15-23-21-20(16-10-7-6-8-11-16)18(4-2)24-26(19)21/h6-8,10-12,14-15H,3-5,9,13H2,1-2H3. The first-order chi connectivity index (χ1) is 13.2. The lowest BCUT2D eigenvalue weighted by Crippen LogP contribution is -2.20. The molecule has 3 heterocycles. The zero-order chi connectivity index (χ0) is 18.8. The number of aryl methyl sites for hydroxylation is 2. The van der Waals surface area contributed by atoms with Crippen molar-refractivity contribution in [3.8, 4) is 11.1 Å². The van der Waals surface area contributed by atoms with Crippen molar-refractivity contribution in [2.24, 2.45) is 0 Å². The molecular weight excluding hydrogens is 336 g/mol. The van der Waals surface area contributed by atoms with Crippen LogP contribution in [-0.2, 0) is 13.0 Å². The summed E-state index contributed by atoms with van der Waals surface area (Å²) in [6.07, 6.45) is 7.67. The summed E-state index contributed by atoms with van der Waals surface area (Å²) in [4.78, 5) is 17.5. The minimum absolute atomic E-state index is 0.00723. The lowest BCUT2D eigenvalue weighted by molar-refractivity contribution is 0.590. The van der Waals surface area contributed by atoms with E-state index >= 15 is 0 Å². The molecule has 0 aliphatic rings. The van der Waals surface area contributed by atoms with Gasteiger partial charge in [0.2, 0.25) is 0 Å². The van der Waals surface area contributed by atoms with Gasteiger partial charge in [-0.25, -0.2) is 9.50 Å². The normalized spacial score (nSPS) is 11.5. The highest BCUT2D eigenvalue weighted by molar-refractivity contribution is 5.86. The highest BCUT2D eigenvalue weighted by Gasteiger charge is 2.17. The van der Waals surface area contributed by atoms with Crippen LogP contribution < -0.4 is 5.56 Å². The van der Waals surface area contributed by atoms with Gasteiger partial charge >= 0.3 is 0 Å². The fraction of sp³-hybridized carbons (Fsp3) is 0.318. The van der Waals surface area contributed by atoms with Crippen molar-refractivity contribution < 1.29 is 0 Å². The van der Waals surface area contributed by atoms with E-state index in [9.17, 15) is 4.79 Å². The quantitative estimate of drug-likeness (QED) is 0.477. The summed E-state index contributed by atoms with van der Waals surface area (Å²) in [6.45, 7) is 5.00. The summed E-state index contributed by atoms with van der Waals surface area (Å²) in [5.41, 5.74) is 4.76. The molecule has 0 radical (unpaired) electrons. The minimum atomic E-state index is 0.00723. The molecule has 3 aromatic heterocycles. The van der Waals surface area contributed by atoms with E-state index in [1.165, 1.54) is 0 Å². The van der Waals surface area contributed by atoms with E-state index < -0.39 is 0 Å². The van der Waals surface area contributed by atoms with Gasteiger partial charge in [0.1, 0.15) is 0 Å². The van der Waals surface area contributed by atoms with Gasteiger partial charge in [-0.05, 0) is 24.5 Å². The van der Waals surface area contributed by atoms with Crippen molar-refractivity contribution in [3.63, 3.8) is 0 Å². The SMILES string of the molecule is CCCCCn1ccc2c(cnc3c(-c4ccccc4)c(CC)nn32)c1=O. The first kappa shape index (κ1) is 17.5. The van der Waals surface area contributed by atoms with Gasteiger partial charge in [-0.2, -0.15) is 5.10 Å². The fourth-order valence-corrected chi connectivity index (χ4v) is 3.61. The summed E-state index contributed by atoms with van der Waals surface area (Å²) in [5, 5.41) is 5.40. The summed E-state index contributed by atoms with van der Waals surface area (Å²) in [5.74, 6) is 0. The van der Waals surface area contributed by atoms with Gasteiger partial charge in [0.05, 0.1) is 16.6 Å². The van der Waals surface area contributed by atoms with Crippen LogP contribution >= 0.6 is 0 Å². The molecule has 0 atom stereocenters. The topological polar surface area (TPSA) is 52.2 Å². The van der Waals surface area contributed by atoms with Crippen molar-refractivity contribution >= 4 is 16.6 Å². The van der Waals surface area contributed by atoms with E-state index in [0.29, 0.717) is 5.39 Å². The van der Waals surface area contributed by atoms with E-state index in [0.717, 1.165) is 60.2 Å². The van der Waals surface area contributed by atoms with Gasteiger partial charge in [0.15, 0.2) is 5.65 Å². The van der Waals surface area contributed by atoms with Crippen LogP contribution in [0.2, 0.25) is 0 Å². The van der Waals surface area contributed by atoms with Crippen LogP contribution in [0.25, 0.3) is 27.7 Å². The number of pyridine rings is 1. The molecule has 0 bridgehead atoms. The average Bonchev–Trinajstić information content (AvgIpc) is 3.09. The van der Waals surface area contributed by atoms with E-state index in [2.05, 4.69) is 31.0 Å². The highest BCUT2D eigenvalue weighted by atomic mass is 16.1. The molecule has 5 heteroatoms. The first-order valence-corrected chi connectivity index (χ1v) is 9.69. The van der Waals surface area contributed by atoms with Gasteiger partial charge in [0.25, 0.3) is 5.56 Å². The third kappa shape index (κ3) is 3.03. The van der Waals surface area contributed by atoms with E-state index in [4.69, 9.17) is 5.10 Å². The maximum atomic E-state index is 12.9. The van der Waals surface area contributed by atoms with Crippen molar-refractivity contribution in [1.82, 2.24) is 19.2 Å². The lowest BCUT2D eigenvalue weighted by Gasteiger charge is -2.08. The minimum Gasteiger partial charge on any atom is -0.315 e. The average molecular weight is 360 g/mol. The number of rotatable bonds is 6. The van der Waals surface area contributed by atoms with Crippen LogP contribution in [0.1, 0.15) is 38.8 Å². The molecule has 0 aliphatic carbocycles. The molecule has 1 aromatic carbocycles. The van der Waals surface area contributed by atoms with Gasteiger partial charge < -0.3 is 4.57 Å². The molecule has 0 aliphatic heterocycles. The third-order valence-electron chi connectivity index (χ3n) is 5.06. The van der Waals surface area contributed by atoms with Crippen LogP contribution in [-0.4, -0.2) is 19.2 Å². The summed E-state index contributed by atoms with van der Waals surface area (Å²) < 4.78 is 3.61. The second kappa shape index (κ2) is 7.35. The Balaban J connectivity index is 1.91.